The Bertz CT molecular complexity index is 430. The van der Waals surface area contributed by atoms with E-state index in [4.69, 9.17) is 5.11 Å². The first kappa shape index (κ1) is 11.8. The minimum atomic E-state index is -1.09. The highest BCUT2D eigenvalue weighted by atomic mass is 16.4. The lowest BCUT2D eigenvalue weighted by Crippen LogP contribution is -2.26. The summed E-state index contributed by atoms with van der Waals surface area (Å²) in [6.45, 7) is 5.14. The van der Waals surface area contributed by atoms with Crippen molar-refractivity contribution in [2.45, 2.75) is 20.0 Å². The van der Waals surface area contributed by atoms with Crippen LogP contribution in [0, 0.1) is 5.41 Å². The fraction of sp³-hybridized carbons (Fsp3) is 0.545. The summed E-state index contributed by atoms with van der Waals surface area (Å²) in [5.74, 6) is -0.495. The maximum absolute atomic E-state index is 10.6. The van der Waals surface area contributed by atoms with Gasteiger partial charge in [0.1, 0.15) is 5.82 Å². The molecule has 2 rings (SSSR count). The van der Waals surface area contributed by atoms with Crippen LogP contribution in [0.3, 0.4) is 0 Å². The number of β-amino-alcohol motifs (C(OH)–C–C–N with tert-alkyl or cyclic N) is 1. The third-order valence-electron chi connectivity index (χ3n) is 3.08. The van der Waals surface area contributed by atoms with Gasteiger partial charge in [0.05, 0.1) is 18.5 Å². The van der Waals surface area contributed by atoms with Crippen molar-refractivity contribution in [2.24, 2.45) is 5.41 Å². The molecular weight excluding hydrogens is 222 g/mol. The van der Waals surface area contributed by atoms with Crippen LogP contribution in [0.2, 0.25) is 0 Å². The Kier molecular flexibility index (Phi) is 2.74. The van der Waals surface area contributed by atoms with Crippen LogP contribution in [0.1, 0.15) is 24.3 Å². The first-order chi connectivity index (χ1) is 7.90. The van der Waals surface area contributed by atoms with E-state index in [0.717, 1.165) is 0 Å². The summed E-state index contributed by atoms with van der Waals surface area (Å²) < 4.78 is 0. The molecule has 0 amide bonds. The second-order valence-electron chi connectivity index (χ2n) is 4.95. The Balaban J connectivity index is 2.17. The smallest absolute Gasteiger partial charge is 0.356 e. The summed E-state index contributed by atoms with van der Waals surface area (Å²) in [6, 6.07) is 0. The van der Waals surface area contributed by atoms with E-state index in [0.29, 0.717) is 18.9 Å². The number of rotatable bonds is 2. The van der Waals surface area contributed by atoms with Crippen molar-refractivity contribution in [3.63, 3.8) is 0 Å². The standard InChI is InChI=1S/C11H15N3O3/c1-11(2)6-14(5-8(11)15)9-4-12-7(3-13-9)10(16)17/h3-4,8,15H,5-6H2,1-2H3,(H,16,17). The molecule has 1 aromatic rings. The monoisotopic (exact) mass is 237 g/mol. The van der Waals surface area contributed by atoms with Crippen LogP contribution in [-0.2, 0) is 0 Å². The van der Waals surface area contributed by atoms with Crippen LogP contribution in [-0.4, -0.2) is 45.3 Å². The second-order valence-corrected chi connectivity index (χ2v) is 4.95. The Morgan fingerprint density at radius 1 is 1.47 bits per heavy atom. The Hall–Kier alpha value is -1.69. The second kappa shape index (κ2) is 3.96. The van der Waals surface area contributed by atoms with E-state index in [1.54, 1.807) is 0 Å². The van der Waals surface area contributed by atoms with Gasteiger partial charge in [0.15, 0.2) is 5.69 Å². The third-order valence-corrected chi connectivity index (χ3v) is 3.08. The van der Waals surface area contributed by atoms with Gasteiger partial charge in [-0.25, -0.2) is 14.8 Å². The first-order valence-corrected chi connectivity index (χ1v) is 5.38. The molecule has 1 saturated heterocycles. The highest BCUT2D eigenvalue weighted by Crippen LogP contribution is 2.31. The molecule has 1 unspecified atom stereocenters. The number of hydrogen-bond donors (Lipinski definition) is 2. The van der Waals surface area contributed by atoms with Gasteiger partial charge in [-0.15, -0.1) is 0 Å². The lowest BCUT2D eigenvalue weighted by Gasteiger charge is -2.21. The zero-order chi connectivity index (χ0) is 12.6. The number of aromatic carboxylic acids is 1. The third kappa shape index (κ3) is 2.21. The van der Waals surface area contributed by atoms with Crippen LogP contribution < -0.4 is 4.90 Å². The van der Waals surface area contributed by atoms with Gasteiger partial charge in [0.2, 0.25) is 0 Å². The summed E-state index contributed by atoms with van der Waals surface area (Å²) in [7, 11) is 0. The summed E-state index contributed by atoms with van der Waals surface area (Å²) in [6.07, 6.45) is 2.25. The van der Waals surface area contributed by atoms with Gasteiger partial charge in [-0.2, -0.15) is 0 Å². The largest absolute Gasteiger partial charge is 0.476 e. The van der Waals surface area contributed by atoms with Crippen molar-refractivity contribution >= 4 is 11.8 Å². The Morgan fingerprint density at radius 3 is 2.59 bits per heavy atom. The van der Waals surface area contributed by atoms with Gasteiger partial charge < -0.3 is 15.1 Å². The number of hydrogen-bond acceptors (Lipinski definition) is 5. The van der Waals surface area contributed by atoms with Crippen molar-refractivity contribution in [3.8, 4) is 0 Å². The molecule has 6 nitrogen and oxygen atoms in total. The van der Waals surface area contributed by atoms with E-state index in [9.17, 15) is 9.90 Å². The number of aliphatic hydroxyl groups is 1. The summed E-state index contributed by atoms with van der Waals surface area (Å²) in [5, 5.41) is 18.6. The lowest BCUT2D eigenvalue weighted by atomic mass is 9.90. The highest BCUT2D eigenvalue weighted by Gasteiger charge is 2.38. The number of carbonyl (C=O) groups is 1. The van der Waals surface area contributed by atoms with Crippen molar-refractivity contribution < 1.29 is 15.0 Å². The maximum Gasteiger partial charge on any atom is 0.356 e. The number of carboxylic acids is 1. The normalized spacial score (nSPS) is 22.8. The van der Waals surface area contributed by atoms with Crippen molar-refractivity contribution in [2.75, 3.05) is 18.0 Å². The number of aromatic nitrogens is 2. The minimum Gasteiger partial charge on any atom is -0.476 e. The predicted octanol–water partition coefficient (Wildman–Crippen LogP) is 0.382. The van der Waals surface area contributed by atoms with E-state index in [1.165, 1.54) is 12.4 Å². The Morgan fingerprint density at radius 2 is 2.18 bits per heavy atom. The molecule has 92 valence electrons. The molecule has 2 heterocycles. The molecule has 0 aromatic carbocycles. The van der Waals surface area contributed by atoms with Crippen molar-refractivity contribution in [3.05, 3.63) is 18.1 Å². The van der Waals surface area contributed by atoms with E-state index < -0.39 is 12.1 Å². The van der Waals surface area contributed by atoms with Crippen LogP contribution in [0.4, 0.5) is 5.82 Å². The van der Waals surface area contributed by atoms with Crippen LogP contribution in [0.5, 0.6) is 0 Å². The van der Waals surface area contributed by atoms with Gasteiger partial charge in [0.25, 0.3) is 0 Å². The molecule has 1 fully saturated rings. The minimum absolute atomic E-state index is 0.0762. The average Bonchev–Trinajstić information content (AvgIpc) is 2.54. The molecule has 0 bridgehead atoms. The van der Waals surface area contributed by atoms with Gasteiger partial charge in [-0.05, 0) is 0 Å². The molecule has 0 radical (unpaired) electrons. The van der Waals surface area contributed by atoms with Gasteiger partial charge >= 0.3 is 5.97 Å². The molecule has 6 heteroatoms. The Labute approximate surface area is 98.9 Å². The van der Waals surface area contributed by atoms with E-state index in [-0.39, 0.29) is 11.1 Å². The molecule has 0 aliphatic carbocycles. The van der Waals surface area contributed by atoms with Gasteiger partial charge in [-0.3, -0.25) is 0 Å². The van der Waals surface area contributed by atoms with Crippen LogP contribution in [0.25, 0.3) is 0 Å². The molecule has 1 aliphatic rings. The van der Waals surface area contributed by atoms with Crippen LogP contribution >= 0.6 is 0 Å². The maximum atomic E-state index is 10.6. The summed E-state index contributed by atoms with van der Waals surface area (Å²) >= 11 is 0. The molecule has 1 atom stereocenters. The topological polar surface area (TPSA) is 86.6 Å². The predicted molar refractivity (Wildman–Crippen MR) is 61.0 cm³/mol. The van der Waals surface area contributed by atoms with Crippen molar-refractivity contribution in [1.82, 2.24) is 9.97 Å². The SMILES string of the molecule is CC1(C)CN(c2cnc(C(=O)O)cn2)CC1O. The summed E-state index contributed by atoms with van der Waals surface area (Å²) in [4.78, 5) is 20.4. The zero-order valence-corrected chi connectivity index (χ0v) is 9.79. The molecule has 1 aliphatic heterocycles. The van der Waals surface area contributed by atoms with Gasteiger partial charge in [0, 0.05) is 18.5 Å². The lowest BCUT2D eigenvalue weighted by molar-refractivity contribution is 0.0690. The fourth-order valence-electron chi connectivity index (χ4n) is 1.89. The van der Waals surface area contributed by atoms with E-state index in [1.807, 2.05) is 18.7 Å². The molecular formula is C11H15N3O3. The van der Waals surface area contributed by atoms with Gasteiger partial charge in [-0.1, -0.05) is 13.8 Å². The fourth-order valence-corrected chi connectivity index (χ4v) is 1.89. The molecule has 17 heavy (non-hydrogen) atoms. The zero-order valence-electron chi connectivity index (χ0n) is 9.79. The first-order valence-electron chi connectivity index (χ1n) is 5.38. The number of carboxylic acid groups (broad SMARTS) is 1. The molecule has 0 spiro atoms. The van der Waals surface area contributed by atoms with E-state index >= 15 is 0 Å². The highest BCUT2D eigenvalue weighted by molar-refractivity contribution is 5.84. The number of nitrogens with zero attached hydrogens (tertiary/aromatic N) is 3. The molecule has 1 aromatic heterocycles. The molecule has 2 N–H and O–H groups in total. The number of anilines is 1. The quantitative estimate of drug-likeness (QED) is 0.773. The molecule has 0 saturated carbocycles. The van der Waals surface area contributed by atoms with E-state index in [2.05, 4.69) is 9.97 Å². The van der Waals surface area contributed by atoms with Crippen LogP contribution in [0.15, 0.2) is 12.4 Å². The summed E-state index contributed by atoms with van der Waals surface area (Å²) in [5.41, 5.74) is -0.264. The van der Waals surface area contributed by atoms with Crippen molar-refractivity contribution in [1.29, 1.82) is 0 Å². The average molecular weight is 237 g/mol. The number of aliphatic hydroxyl groups excluding tert-OH is 1.